The summed E-state index contributed by atoms with van der Waals surface area (Å²) in [5, 5.41) is 3.35. The molecule has 2 fully saturated rings. The molecule has 4 nitrogen and oxygen atoms in total. The lowest BCUT2D eigenvalue weighted by Gasteiger charge is -2.27. The van der Waals surface area contributed by atoms with E-state index >= 15 is 0 Å². The van der Waals surface area contributed by atoms with E-state index < -0.39 is 0 Å². The van der Waals surface area contributed by atoms with Crippen LogP contribution >= 0.6 is 0 Å². The largest absolute Gasteiger partial charge is 0.363 e. The number of aromatic nitrogens is 2. The minimum atomic E-state index is 0.0543. The fourth-order valence-electron chi connectivity index (χ4n) is 2.76. The summed E-state index contributed by atoms with van der Waals surface area (Å²) in [5.74, 6) is 1.37. The summed E-state index contributed by atoms with van der Waals surface area (Å²) >= 11 is 0. The molecule has 0 unspecified atom stereocenters. The molecule has 2 saturated carbocycles. The van der Waals surface area contributed by atoms with Crippen LogP contribution in [0.2, 0.25) is 0 Å². The molecular weight excluding hydrogens is 226 g/mol. The van der Waals surface area contributed by atoms with Gasteiger partial charge in [-0.25, -0.2) is 4.98 Å². The van der Waals surface area contributed by atoms with E-state index in [1.807, 2.05) is 10.8 Å². The van der Waals surface area contributed by atoms with Gasteiger partial charge in [-0.2, -0.15) is 0 Å². The topological polar surface area (TPSA) is 46.9 Å². The van der Waals surface area contributed by atoms with E-state index in [9.17, 15) is 4.79 Å². The summed E-state index contributed by atoms with van der Waals surface area (Å²) in [4.78, 5) is 16.4. The quantitative estimate of drug-likeness (QED) is 0.893. The van der Waals surface area contributed by atoms with E-state index in [1.54, 1.807) is 6.20 Å². The Kier molecular flexibility index (Phi) is 3.10. The molecule has 0 spiro atoms. The van der Waals surface area contributed by atoms with Crippen LogP contribution in [0, 0.1) is 5.92 Å². The van der Waals surface area contributed by atoms with Crippen LogP contribution in [0.1, 0.15) is 51.5 Å². The minimum Gasteiger partial charge on any atom is -0.363 e. The summed E-state index contributed by atoms with van der Waals surface area (Å²) in [6, 6.07) is 0.851. The summed E-state index contributed by atoms with van der Waals surface area (Å²) in [7, 11) is 0. The van der Waals surface area contributed by atoms with Gasteiger partial charge in [-0.05, 0) is 44.4 Å². The normalized spacial score (nSPS) is 28.1. The van der Waals surface area contributed by atoms with Gasteiger partial charge in [0, 0.05) is 24.5 Å². The van der Waals surface area contributed by atoms with Crippen LogP contribution in [0.25, 0.3) is 0 Å². The molecule has 0 radical (unpaired) electrons. The number of anilines is 1. The van der Waals surface area contributed by atoms with Crippen molar-refractivity contribution in [3.63, 3.8) is 0 Å². The second-order valence-electron chi connectivity index (χ2n) is 5.82. The molecule has 2 aliphatic carbocycles. The van der Waals surface area contributed by atoms with Crippen molar-refractivity contribution in [1.82, 2.24) is 9.55 Å². The Hall–Kier alpha value is -1.32. The zero-order chi connectivity index (χ0) is 12.5. The standard InChI is InChI=1S/C14H21N3O/c1-10-2-4-11(5-3-10)16-13-14(18)17(9-8-15-13)12-6-7-12/h8-12H,2-7H2,1H3,(H,15,16). The maximum absolute atomic E-state index is 12.2. The van der Waals surface area contributed by atoms with Gasteiger partial charge >= 0.3 is 0 Å². The summed E-state index contributed by atoms with van der Waals surface area (Å²) < 4.78 is 1.83. The van der Waals surface area contributed by atoms with Crippen molar-refractivity contribution in [2.75, 3.05) is 5.32 Å². The number of hydrogen-bond acceptors (Lipinski definition) is 3. The van der Waals surface area contributed by atoms with Crippen molar-refractivity contribution in [2.24, 2.45) is 5.92 Å². The molecule has 18 heavy (non-hydrogen) atoms. The first-order valence-electron chi connectivity index (χ1n) is 7.07. The molecule has 0 bridgehead atoms. The van der Waals surface area contributed by atoms with E-state index in [2.05, 4.69) is 17.2 Å². The van der Waals surface area contributed by atoms with Gasteiger partial charge in [-0.1, -0.05) is 6.92 Å². The van der Waals surface area contributed by atoms with Gasteiger partial charge in [0.1, 0.15) is 0 Å². The molecular formula is C14H21N3O. The first-order chi connectivity index (χ1) is 8.74. The van der Waals surface area contributed by atoms with Crippen molar-refractivity contribution in [1.29, 1.82) is 0 Å². The molecule has 1 N–H and O–H groups in total. The maximum atomic E-state index is 12.2. The molecule has 3 rings (SSSR count). The average molecular weight is 247 g/mol. The third kappa shape index (κ3) is 2.42. The van der Waals surface area contributed by atoms with Gasteiger partial charge < -0.3 is 9.88 Å². The summed E-state index contributed by atoms with van der Waals surface area (Å²) in [5.41, 5.74) is 0.0543. The van der Waals surface area contributed by atoms with E-state index in [0.29, 0.717) is 17.9 Å². The summed E-state index contributed by atoms with van der Waals surface area (Å²) in [6.07, 6.45) is 10.6. The van der Waals surface area contributed by atoms with Crippen LogP contribution < -0.4 is 10.9 Å². The Morgan fingerprint density at radius 3 is 2.61 bits per heavy atom. The number of rotatable bonds is 3. The van der Waals surface area contributed by atoms with Crippen LogP contribution in [-0.4, -0.2) is 15.6 Å². The molecule has 0 aromatic carbocycles. The van der Waals surface area contributed by atoms with E-state index in [-0.39, 0.29) is 5.56 Å². The summed E-state index contributed by atoms with van der Waals surface area (Å²) in [6.45, 7) is 2.30. The molecule has 0 atom stereocenters. The predicted octanol–water partition coefficient (Wildman–Crippen LogP) is 2.57. The van der Waals surface area contributed by atoms with E-state index in [4.69, 9.17) is 0 Å². The molecule has 0 aliphatic heterocycles. The third-order valence-corrected chi connectivity index (χ3v) is 4.16. The first-order valence-corrected chi connectivity index (χ1v) is 7.07. The molecule has 1 aromatic rings. The van der Waals surface area contributed by atoms with Crippen LogP contribution in [0.4, 0.5) is 5.82 Å². The third-order valence-electron chi connectivity index (χ3n) is 4.16. The van der Waals surface area contributed by atoms with Crippen molar-refractivity contribution in [3.8, 4) is 0 Å². The Morgan fingerprint density at radius 1 is 1.22 bits per heavy atom. The second-order valence-corrected chi connectivity index (χ2v) is 5.82. The van der Waals surface area contributed by atoms with E-state index in [1.165, 1.54) is 12.8 Å². The van der Waals surface area contributed by atoms with Crippen LogP contribution in [0.15, 0.2) is 17.2 Å². The Labute approximate surface area is 107 Å². The zero-order valence-corrected chi connectivity index (χ0v) is 10.9. The predicted molar refractivity (Wildman–Crippen MR) is 71.8 cm³/mol. The van der Waals surface area contributed by atoms with Crippen molar-refractivity contribution in [3.05, 3.63) is 22.7 Å². The van der Waals surface area contributed by atoms with Crippen molar-refractivity contribution >= 4 is 5.82 Å². The smallest absolute Gasteiger partial charge is 0.293 e. The highest BCUT2D eigenvalue weighted by molar-refractivity contribution is 5.32. The molecule has 1 heterocycles. The monoisotopic (exact) mass is 247 g/mol. The highest BCUT2D eigenvalue weighted by Crippen LogP contribution is 2.33. The average Bonchev–Trinajstić information content (AvgIpc) is 3.19. The minimum absolute atomic E-state index is 0.0543. The molecule has 1 aromatic heterocycles. The molecule has 4 heteroatoms. The van der Waals surface area contributed by atoms with Crippen molar-refractivity contribution < 1.29 is 0 Å². The van der Waals surface area contributed by atoms with Crippen LogP contribution in [0.3, 0.4) is 0 Å². The number of nitrogens with one attached hydrogen (secondary N) is 1. The van der Waals surface area contributed by atoms with Gasteiger partial charge in [0.25, 0.3) is 5.56 Å². The van der Waals surface area contributed by atoms with Crippen molar-refractivity contribution in [2.45, 2.75) is 57.5 Å². The first kappa shape index (κ1) is 11.8. The van der Waals surface area contributed by atoms with Gasteiger partial charge in [-0.3, -0.25) is 4.79 Å². The Bertz CT molecular complexity index is 470. The van der Waals surface area contributed by atoms with Crippen LogP contribution in [0.5, 0.6) is 0 Å². The van der Waals surface area contributed by atoms with Gasteiger partial charge in [0.15, 0.2) is 5.82 Å². The maximum Gasteiger partial charge on any atom is 0.293 e. The van der Waals surface area contributed by atoms with Crippen LogP contribution in [-0.2, 0) is 0 Å². The lowest BCUT2D eigenvalue weighted by molar-refractivity contribution is 0.360. The lowest BCUT2D eigenvalue weighted by Crippen LogP contribution is -2.31. The second kappa shape index (κ2) is 4.75. The van der Waals surface area contributed by atoms with Gasteiger partial charge in [0.2, 0.25) is 0 Å². The number of hydrogen-bond donors (Lipinski definition) is 1. The fraction of sp³-hybridized carbons (Fsp3) is 0.714. The molecule has 0 amide bonds. The molecule has 0 saturated heterocycles. The Morgan fingerprint density at radius 2 is 1.94 bits per heavy atom. The SMILES string of the molecule is CC1CCC(Nc2nccn(C3CC3)c2=O)CC1. The highest BCUT2D eigenvalue weighted by Gasteiger charge is 2.26. The zero-order valence-electron chi connectivity index (χ0n) is 10.9. The van der Waals surface area contributed by atoms with Gasteiger partial charge in [0.05, 0.1) is 0 Å². The highest BCUT2D eigenvalue weighted by atomic mass is 16.1. The molecule has 98 valence electrons. The van der Waals surface area contributed by atoms with Gasteiger partial charge in [-0.15, -0.1) is 0 Å². The molecule has 2 aliphatic rings. The number of nitrogens with zero attached hydrogens (tertiary/aromatic N) is 2. The Balaban J connectivity index is 1.72. The lowest BCUT2D eigenvalue weighted by atomic mass is 9.87. The van der Waals surface area contributed by atoms with E-state index in [0.717, 1.165) is 31.6 Å². The fourth-order valence-corrected chi connectivity index (χ4v) is 2.76.